The summed E-state index contributed by atoms with van der Waals surface area (Å²) in [6.45, 7) is -0.576. The van der Waals surface area contributed by atoms with Crippen molar-refractivity contribution in [3.63, 3.8) is 0 Å². The van der Waals surface area contributed by atoms with Crippen LogP contribution in [0, 0.1) is 16.0 Å². The molecule has 3 rings (SSSR count). The summed E-state index contributed by atoms with van der Waals surface area (Å²) in [6.07, 6.45) is 0. The first-order valence-corrected chi connectivity index (χ1v) is 7.09. The molecule has 0 bridgehead atoms. The lowest BCUT2D eigenvalue weighted by atomic mass is 9.69. The first kappa shape index (κ1) is 14.9. The molecule has 0 saturated heterocycles. The zero-order valence-corrected chi connectivity index (χ0v) is 12.1. The maximum absolute atomic E-state index is 12.7. The Balaban J connectivity index is 2.37. The third-order valence-corrected chi connectivity index (χ3v) is 4.38. The minimum absolute atomic E-state index is 0.321. The largest absolute Gasteiger partial charge is 0.369 e. The van der Waals surface area contributed by atoms with Gasteiger partial charge in [0.15, 0.2) is 5.78 Å². The predicted octanol–water partition coefficient (Wildman–Crippen LogP) is 1.55. The van der Waals surface area contributed by atoms with E-state index in [2.05, 4.69) is 0 Å². The Morgan fingerprint density at radius 2 is 1.74 bits per heavy atom. The number of nitrogens with two attached hydrogens (primary N) is 1. The number of nitro groups is 1. The van der Waals surface area contributed by atoms with Crippen molar-refractivity contribution in [1.29, 1.82) is 0 Å². The van der Waals surface area contributed by atoms with Crippen LogP contribution < -0.4 is 5.73 Å². The molecule has 23 heavy (non-hydrogen) atoms. The number of carbonyl (C=O) groups is 2. The number of Topliss-reactive ketones (excluding diaryl/α,β-unsaturated/α-hetero) is 1. The average molecular weight is 310 g/mol. The monoisotopic (exact) mass is 310 g/mol. The van der Waals surface area contributed by atoms with E-state index in [1.54, 1.807) is 54.6 Å². The van der Waals surface area contributed by atoms with Gasteiger partial charge in [-0.3, -0.25) is 19.7 Å². The molecular formula is C17H14N2O4. The van der Waals surface area contributed by atoms with Gasteiger partial charge in [-0.05, 0) is 11.1 Å². The fourth-order valence-electron chi connectivity index (χ4n) is 3.52. The molecule has 2 atom stereocenters. The summed E-state index contributed by atoms with van der Waals surface area (Å²) in [6, 6.07) is 15.2. The van der Waals surface area contributed by atoms with E-state index >= 15 is 0 Å². The second-order valence-electron chi connectivity index (χ2n) is 5.57. The molecule has 1 aliphatic rings. The van der Waals surface area contributed by atoms with Gasteiger partial charge in [-0.2, -0.15) is 0 Å². The van der Waals surface area contributed by atoms with Crippen LogP contribution in [-0.2, 0) is 10.2 Å². The van der Waals surface area contributed by atoms with E-state index in [1.165, 1.54) is 0 Å². The number of hydrogen-bond acceptors (Lipinski definition) is 4. The molecule has 0 heterocycles. The Labute approximate surface area is 132 Å². The molecule has 0 spiro atoms. The Morgan fingerprint density at radius 1 is 1.13 bits per heavy atom. The quantitative estimate of drug-likeness (QED) is 0.525. The third-order valence-electron chi connectivity index (χ3n) is 4.38. The van der Waals surface area contributed by atoms with E-state index in [9.17, 15) is 19.7 Å². The molecule has 1 aliphatic carbocycles. The van der Waals surface area contributed by atoms with Gasteiger partial charge in [-0.25, -0.2) is 0 Å². The molecule has 6 nitrogen and oxygen atoms in total. The topological polar surface area (TPSA) is 103 Å². The third kappa shape index (κ3) is 2.11. The van der Waals surface area contributed by atoms with Crippen LogP contribution in [0.5, 0.6) is 0 Å². The van der Waals surface area contributed by atoms with Crippen LogP contribution in [0.15, 0.2) is 54.6 Å². The lowest BCUT2D eigenvalue weighted by Crippen LogP contribution is -2.47. The molecule has 0 unspecified atom stereocenters. The maximum atomic E-state index is 12.7. The fraction of sp³-hybridized carbons (Fsp3) is 0.176. The van der Waals surface area contributed by atoms with Crippen LogP contribution >= 0.6 is 0 Å². The molecule has 116 valence electrons. The Kier molecular flexibility index (Phi) is 3.44. The zero-order valence-electron chi connectivity index (χ0n) is 12.1. The van der Waals surface area contributed by atoms with Gasteiger partial charge in [0.05, 0.1) is 0 Å². The zero-order chi connectivity index (χ0) is 16.6. The smallest absolute Gasteiger partial charge is 0.229 e. The van der Waals surface area contributed by atoms with Gasteiger partial charge in [-0.15, -0.1) is 0 Å². The Hall–Kier alpha value is -3.02. The standard InChI is InChI=1S/C17H14N2O4/c18-16(21)14-15(20)12-8-4-5-9-13(12)17(14,10-19(22)23)11-6-2-1-3-7-11/h1-9,14H,10H2,(H2,18,21)/t14-,17-/m1/s1. The molecule has 1 amide bonds. The van der Waals surface area contributed by atoms with E-state index in [-0.39, 0.29) is 0 Å². The van der Waals surface area contributed by atoms with Gasteiger partial charge in [0.25, 0.3) is 0 Å². The number of ketones is 1. The molecule has 0 saturated carbocycles. The summed E-state index contributed by atoms with van der Waals surface area (Å²) in [4.78, 5) is 35.6. The number of amides is 1. The molecule has 0 aliphatic heterocycles. The van der Waals surface area contributed by atoms with Gasteiger partial charge in [0.2, 0.25) is 12.5 Å². The van der Waals surface area contributed by atoms with E-state index in [0.29, 0.717) is 16.7 Å². The van der Waals surface area contributed by atoms with Crippen LogP contribution in [0.4, 0.5) is 0 Å². The van der Waals surface area contributed by atoms with Crippen molar-refractivity contribution in [2.75, 3.05) is 6.54 Å². The number of fused-ring (bicyclic) bond motifs is 1. The lowest BCUT2D eigenvalue weighted by molar-refractivity contribution is -0.489. The molecule has 2 aromatic rings. The van der Waals surface area contributed by atoms with Crippen molar-refractivity contribution < 1.29 is 14.5 Å². The second kappa shape index (κ2) is 5.31. The van der Waals surface area contributed by atoms with Crippen molar-refractivity contribution >= 4 is 11.7 Å². The van der Waals surface area contributed by atoms with Crippen molar-refractivity contribution in [3.8, 4) is 0 Å². The molecule has 2 N–H and O–H groups in total. The number of hydrogen-bond donors (Lipinski definition) is 1. The SMILES string of the molecule is NC(=O)[C@H]1C(=O)c2ccccc2[C@@]1(C[N+](=O)[O-])c1ccccc1. The maximum Gasteiger partial charge on any atom is 0.229 e. The highest BCUT2D eigenvalue weighted by Gasteiger charge is 2.58. The predicted molar refractivity (Wildman–Crippen MR) is 82.5 cm³/mol. The van der Waals surface area contributed by atoms with Gasteiger partial charge in [-0.1, -0.05) is 54.6 Å². The normalized spacial score (nSPS) is 22.6. The van der Waals surface area contributed by atoms with E-state index < -0.39 is 34.5 Å². The highest BCUT2D eigenvalue weighted by molar-refractivity contribution is 6.15. The molecule has 0 radical (unpaired) electrons. The average Bonchev–Trinajstić information content (AvgIpc) is 2.78. The van der Waals surface area contributed by atoms with Crippen molar-refractivity contribution in [3.05, 3.63) is 81.4 Å². The van der Waals surface area contributed by atoms with Gasteiger partial charge in [0.1, 0.15) is 11.3 Å². The molecule has 0 aromatic heterocycles. The second-order valence-corrected chi connectivity index (χ2v) is 5.57. The Bertz CT molecular complexity index is 803. The highest BCUT2D eigenvalue weighted by atomic mass is 16.6. The first-order chi connectivity index (χ1) is 11.0. The minimum Gasteiger partial charge on any atom is -0.369 e. The van der Waals surface area contributed by atoms with E-state index in [4.69, 9.17) is 5.73 Å². The number of benzene rings is 2. The molecule has 6 heteroatoms. The van der Waals surface area contributed by atoms with Crippen LogP contribution in [0.1, 0.15) is 21.5 Å². The van der Waals surface area contributed by atoms with E-state index in [0.717, 1.165) is 0 Å². The number of carbonyl (C=O) groups excluding carboxylic acids is 2. The van der Waals surface area contributed by atoms with Crippen LogP contribution in [-0.4, -0.2) is 23.2 Å². The van der Waals surface area contributed by atoms with Crippen molar-refractivity contribution in [1.82, 2.24) is 0 Å². The molecule has 0 fully saturated rings. The number of nitrogens with zero attached hydrogens (tertiary/aromatic N) is 1. The number of primary amides is 1. The highest BCUT2D eigenvalue weighted by Crippen LogP contribution is 2.48. The van der Waals surface area contributed by atoms with Crippen LogP contribution in [0.3, 0.4) is 0 Å². The fourth-order valence-corrected chi connectivity index (χ4v) is 3.52. The first-order valence-electron chi connectivity index (χ1n) is 7.09. The molecular weight excluding hydrogens is 296 g/mol. The summed E-state index contributed by atoms with van der Waals surface area (Å²) in [7, 11) is 0. The van der Waals surface area contributed by atoms with Crippen molar-refractivity contribution in [2.45, 2.75) is 5.41 Å². The van der Waals surface area contributed by atoms with Gasteiger partial charge >= 0.3 is 0 Å². The van der Waals surface area contributed by atoms with Crippen LogP contribution in [0.25, 0.3) is 0 Å². The van der Waals surface area contributed by atoms with Crippen LogP contribution in [0.2, 0.25) is 0 Å². The summed E-state index contributed by atoms with van der Waals surface area (Å²) >= 11 is 0. The van der Waals surface area contributed by atoms with Gasteiger partial charge < -0.3 is 5.73 Å². The summed E-state index contributed by atoms with van der Waals surface area (Å²) in [5.41, 5.74) is 5.45. The summed E-state index contributed by atoms with van der Waals surface area (Å²) in [5.74, 6) is -2.59. The summed E-state index contributed by atoms with van der Waals surface area (Å²) < 4.78 is 0. The minimum atomic E-state index is -1.37. The summed E-state index contributed by atoms with van der Waals surface area (Å²) in [5, 5.41) is 11.4. The number of rotatable bonds is 4. The van der Waals surface area contributed by atoms with E-state index in [1.807, 2.05) is 0 Å². The van der Waals surface area contributed by atoms with Crippen molar-refractivity contribution in [2.24, 2.45) is 11.7 Å². The lowest BCUT2D eigenvalue weighted by Gasteiger charge is -2.30. The van der Waals surface area contributed by atoms with Gasteiger partial charge in [0, 0.05) is 10.5 Å². The molecule has 2 aromatic carbocycles. The Morgan fingerprint density at radius 3 is 2.35 bits per heavy atom.